The van der Waals surface area contributed by atoms with Gasteiger partial charge in [-0.15, -0.1) is 0 Å². The topological polar surface area (TPSA) is 66.5 Å². The van der Waals surface area contributed by atoms with Crippen molar-refractivity contribution in [1.82, 2.24) is 0 Å². The molecule has 25 heavy (non-hydrogen) atoms. The molecule has 5 nitrogen and oxygen atoms in total. The minimum atomic E-state index is -3.69. The first-order chi connectivity index (χ1) is 11.7. The van der Waals surface area contributed by atoms with E-state index in [0.717, 1.165) is 28.8 Å². The predicted molar refractivity (Wildman–Crippen MR) is 99.6 cm³/mol. The normalized spacial score (nSPS) is 13.7. The van der Waals surface area contributed by atoms with Gasteiger partial charge in [-0.3, -0.25) is 9.52 Å². The van der Waals surface area contributed by atoms with Crippen LogP contribution >= 0.6 is 0 Å². The number of amides is 1. The Kier molecular flexibility index (Phi) is 4.33. The van der Waals surface area contributed by atoms with Crippen molar-refractivity contribution in [2.75, 3.05) is 16.2 Å². The van der Waals surface area contributed by atoms with E-state index < -0.39 is 10.0 Å². The van der Waals surface area contributed by atoms with E-state index in [0.29, 0.717) is 17.8 Å². The maximum Gasteiger partial charge on any atom is 0.262 e. The Morgan fingerprint density at radius 3 is 2.40 bits per heavy atom. The molecule has 0 aliphatic carbocycles. The molecule has 2 aromatic carbocycles. The fraction of sp³-hybridized carbons (Fsp3) is 0.316. The van der Waals surface area contributed by atoms with Gasteiger partial charge in [-0.2, -0.15) is 0 Å². The van der Waals surface area contributed by atoms with E-state index in [1.54, 1.807) is 30.0 Å². The van der Waals surface area contributed by atoms with Gasteiger partial charge in [0.15, 0.2) is 0 Å². The molecular formula is C19H22N2O3S. The zero-order valence-corrected chi connectivity index (χ0v) is 15.7. The summed E-state index contributed by atoms with van der Waals surface area (Å²) < 4.78 is 28.3. The molecule has 2 aromatic rings. The molecule has 0 bridgehead atoms. The number of fused-ring (bicyclic) bond motifs is 1. The molecule has 1 aliphatic rings. The van der Waals surface area contributed by atoms with Crippen LogP contribution in [0.5, 0.6) is 0 Å². The lowest BCUT2D eigenvalue weighted by Gasteiger charge is -2.17. The standard InChI is InChI=1S/C19H22N2O3S/c1-12-9-14(3)19(10-13(12)2)25(23,24)20-17-6-5-16-7-8-21(15(4)22)18(16)11-17/h5-6,9-11,20H,7-8H2,1-4H3. The summed E-state index contributed by atoms with van der Waals surface area (Å²) in [5.41, 5.74) is 5.01. The Hall–Kier alpha value is -2.34. The summed E-state index contributed by atoms with van der Waals surface area (Å²) in [5, 5.41) is 0. The van der Waals surface area contributed by atoms with Crippen LogP contribution in [0.1, 0.15) is 29.2 Å². The minimum Gasteiger partial charge on any atom is -0.312 e. The van der Waals surface area contributed by atoms with E-state index in [2.05, 4.69) is 4.72 Å². The summed E-state index contributed by atoms with van der Waals surface area (Å²) in [6.07, 6.45) is 0.790. The van der Waals surface area contributed by atoms with Gasteiger partial charge in [0, 0.05) is 19.2 Å². The number of benzene rings is 2. The van der Waals surface area contributed by atoms with Crippen molar-refractivity contribution in [1.29, 1.82) is 0 Å². The number of anilines is 2. The second-order valence-corrected chi connectivity index (χ2v) is 8.22. The quantitative estimate of drug-likeness (QED) is 0.915. The van der Waals surface area contributed by atoms with Gasteiger partial charge < -0.3 is 4.90 Å². The van der Waals surface area contributed by atoms with Crippen LogP contribution < -0.4 is 9.62 Å². The number of nitrogens with zero attached hydrogens (tertiary/aromatic N) is 1. The Balaban J connectivity index is 1.96. The highest BCUT2D eigenvalue weighted by Crippen LogP contribution is 2.32. The third-order valence-corrected chi connectivity index (χ3v) is 6.22. The molecule has 0 spiro atoms. The highest BCUT2D eigenvalue weighted by molar-refractivity contribution is 7.92. The lowest BCUT2D eigenvalue weighted by Crippen LogP contribution is -2.25. The molecule has 0 unspecified atom stereocenters. The van der Waals surface area contributed by atoms with Crippen molar-refractivity contribution in [2.24, 2.45) is 0 Å². The molecule has 1 amide bonds. The van der Waals surface area contributed by atoms with Gasteiger partial charge >= 0.3 is 0 Å². The summed E-state index contributed by atoms with van der Waals surface area (Å²) in [7, 11) is -3.69. The lowest BCUT2D eigenvalue weighted by atomic mass is 10.1. The zero-order valence-electron chi connectivity index (χ0n) is 14.9. The van der Waals surface area contributed by atoms with Crippen LogP contribution in [-0.2, 0) is 21.2 Å². The van der Waals surface area contributed by atoms with E-state index >= 15 is 0 Å². The number of carbonyl (C=O) groups is 1. The number of aryl methyl sites for hydroxylation is 3. The fourth-order valence-electron chi connectivity index (χ4n) is 3.20. The van der Waals surface area contributed by atoms with E-state index in [1.165, 1.54) is 6.92 Å². The number of rotatable bonds is 3. The summed E-state index contributed by atoms with van der Waals surface area (Å²) in [6, 6.07) is 8.93. The van der Waals surface area contributed by atoms with Gasteiger partial charge in [-0.25, -0.2) is 8.42 Å². The number of hydrogen-bond donors (Lipinski definition) is 1. The Morgan fingerprint density at radius 2 is 1.72 bits per heavy atom. The molecule has 6 heteroatoms. The minimum absolute atomic E-state index is 0.0382. The van der Waals surface area contributed by atoms with E-state index in [1.807, 2.05) is 26.0 Å². The van der Waals surface area contributed by atoms with Crippen molar-refractivity contribution < 1.29 is 13.2 Å². The van der Waals surface area contributed by atoms with Gasteiger partial charge in [0.2, 0.25) is 5.91 Å². The van der Waals surface area contributed by atoms with Gasteiger partial charge in [-0.05, 0) is 67.6 Å². The molecule has 0 fully saturated rings. The number of carbonyl (C=O) groups excluding carboxylic acids is 1. The molecule has 132 valence electrons. The van der Waals surface area contributed by atoms with E-state index in [9.17, 15) is 13.2 Å². The Bertz CT molecular complexity index is 965. The van der Waals surface area contributed by atoms with Gasteiger partial charge in [0.1, 0.15) is 0 Å². The maximum absolute atomic E-state index is 12.8. The molecule has 0 saturated carbocycles. The van der Waals surface area contributed by atoms with Crippen LogP contribution in [-0.4, -0.2) is 20.9 Å². The van der Waals surface area contributed by atoms with E-state index in [4.69, 9.17) is 0 Å². The second-order valence-electron chi connectivity index (χ2n) is 6.57. The average molecular weight is 358 g/mol. The first kappa shape index (κ1) is 17.5. The van der Waals surface area contributed by atoms with Gasteiger partial charge in [0.05, 0.1) is 10.6 Å². The third kappa shape index (κ3) is 3.26. The number of hydrogen-bond acceptors (Lipinski definition) is 3. The molecule has 1 N–H and O–H groups in total. The second kappa shape index (κ2) is 6.19. The molecule has 0 aromatic heterocycles. The summed E-state index contributed by atoms with van der Waals surface area (Å²) in [5.74, 6) is -0.0382. The highest BCUT2D eigenvalue weighted by atomic mass is 32.2. The Labute approximate surface area is 148 Å². The van der Waals surface area contributed by atoms with Gasteiger partial charge in [0.25, 0.3) is 10.0 Å². The molecule has 0 radical (unpaired) electrons. The molecule has 1 heterocycles. The third-order valence-electron chi connectivity index (χ3n) is 4.69. The summed E-state index contributed by atoms with van der Waals surface area (Å²) >= 11 is 0. The van der Waals surface area contributed by atoms with Crippen LogP contribution in [0.25, 0.3) is 0 Å². The fourth-order valence-corrected chi connectivity index (χ4v) is 4.57. The van der Waals surface area contributed by atoms with Crippen molar-refractivity contribution in [2.45, 2.75) is 39.0 Å². The monoisotopic (exact) mass is 358 g/mol. The van der Waals surface area contributed by atoms with Crippen LogP contribution in [0.3, 0.4) is 0 Å². The van der Waals surface area contributed by atoms with Crippen molar-refractivity contribution >= 4 is 27.3 Å². The molecule has 1 aliphatic heterocycles. The highest BCUT2D eigenvalue weighted by Gasteiger charge is 2.24. The van der Waals surface area contributed by atoms with Crippen molar-refractivity contribution in [3.8, 4) is 0 Å². The smallest absolute Gasteiger partial charge is 0.262 e. The van der Waals surface area contributed by atoms with Crippen LogP contribution in [0.15, 0.2) is 35.2 Å². The molecule has 0 saturated heterocycles. The molecule has 3 rings (SSSR count). The first-order valence-electron chi connectivity index (χ1n) is 8.21. The van der Waals surface area contributed by atoms with Gasteiger partial charge in [-0.1, -0.05) is 12.1 Å². The van der Waals surface area contributed by atoms with Crippen molar-refractivity contribution in [3.63, 3.8) is 0 Å². The predicted octanol–water partition coefficient (Wildman–Crippen LogP) is 3.32. The largest absolute Gasteiger partial charge is 0.312 e. The molecule has 0 atom stereocenters. The molecular weight excluding hydrogens is 336 g/mol. The summed E-state index contributed by atoms with van der Waals surface area (Å²) in [4.78, 5) is 13.7. The van der Waals surface area contributed by atoms with Crippen molar-refractivity contribution in [3.05, 3.63) is 52.6 Å². The van der Waals surface area contributed by atoms with E-state index in [-0.39, 0.29) is 10.8 Å². The SMILES string of the molecule is CC(=O)N1CCc2ccc(NS(=O)(=O)c3cc(C)c(C)cc3C)cc21. The number of nitrogens with one attached hydrogen (secondary N) is 1. The number of sulfonamides is 1. The van der Waals surface area contributed by atoms with Crippen LogP contribution in [0, 0.1) is 20.8 Å². The van der Waals surface area contributed by atoms with Crippen LogP contribution in [0.2, 0.25) is 0 Å². The maximum atomic E-state index is 12.8. The summed E-state index contributed by atoms with van der Waals surface area (Å²) in [6.45, 7) is 7.81. The average Bonchev–Trinajstić information content (AvgIpc) is 2.93. The zero-order chi connectivity index (χ0) is 18.4. The van der Waals surface area contributed by atoms with Crippen LogP contribution in [0.4, 0.5) is 11.4 Å². The Morgan fingerprint density at radius 1 is 1.04 bits per heavy atom. The first-order valence-corrected chi connectivity index (χ1v) is 9.69. The lowest BCUT2D eigenvalue weighted by molar-refractivity contribution is -0.116.